The molecule has 2 aliphatic heterocycles. The van der Waals surface area contributed by atoms with E-state index in [1.54, 1.807) is 0 Å². The second-order valence-corrected chi connectivity index (χ2v) is 5.65. The molecule has 1 aromatic rings. The van der Waals surface area contributed by atoms with E-state index in [-0.39, 0.29) is 6.04 Å². The van der Waals surface area contributed by atoms with E-state index in [0.29, 0.717) is 0 Å². The van der Waals surface area contributed by atoms with E-state index >= 15 is 0 Å². The van der Waals surface area contributed by atoms with Crippen LogP contribution in [0.4, 0.5) is 0 Å². The van der Waals surface area contributed by atoms with Gasteiger partial charge < -0.3 is 15.2 Å². The van der Waals surface area contributed by atoms with Crippen LogP contribution in [0.1, 0.15) is 36.8 Å². The van der Waals surface area contributed by atoms with Crippen molar-refractivity contribution in [1.82, 2.24) is 14.5 Å². The zero-order chi connectivity index (χ0) is 11.8. The Kier molecular flexibility index (Phi) is 2.92. The average Bonchev–Trinajstić information content (AvgIpc) is 2.86. The standard InChI is InChI=1S/C13H22N4/c1-16-6-4-10(8-16)7-11-9-17-5-2-3-12(14)13(17)15-11/h9-10,12H,2-8,14H2,1H3. The molecule has 0 aliphatic carbocycles. The van der Waals surface area contributed by atoms with Crippen LogP contribution in [0.2, 0.25) is 0 Å². The van der Waals surface area contributed by atoms with Crippen molar-refractivity contribution < 1.29 is 0 Å². The first-order valence-electron chi connectivity index (χ1n) is 6.72. The van der Waals surface area contributed by atoms with Gasteiger partial charge in [-0.05, 0) is 45.2 Å². The van der Waals surface area contributed by atoms with Crippen molar-refractivity contribution >= 4 is 0 Å². The molecule has 2 N–H and O–H groups in total. The summed E-state index contributed by atoms with van der Waals surface area (Å²) in [6.07, 6.45) is 6.94. The molecule has 0 spiro atoms. The van der Waals surface area contributed by atoms with Crippen molar-refractivity contribution in [3.63, 3.8) is 0 Å². The molecule has 0 bridgehead atoms. The van der Waals surface area contributed by atoms with Gasteiger partial charge in [-0.25, -0.2) is 4.98 Å². The highest BCUT2D eigenvalue weighted by molar-refractivity contribution is 5.10. The Morgan fingerprint density at radius 2 is 2.29 bits per heavy atom. The number of nitrogens with zero attached hydrogens (tertiary/aromatic N) is 3. The number of hydrogen-bond donors (Lipinski definition) is 1. The highest BCUT2D eigenvalue weighted by Gasteiger charge is 2.23. The smallest absolute Gasteiger partial charge is 0.125 e. The molecule has 4 heteroatoms. The van der Waals surface area contributed by atoms with Crippen LogP contribution < -0.4 is 5.73 Å². The number of imidazole rings is 1. The monoisotopic (exact) mass is 234 g/mol. The molecule has 94 valence electrons. The first-order valence-corrected chi connectivity index (χ1v) is 6.72. The third kappa shape index (κ3) is 2.24. The van der Waals surface area contributed by atoms with Gasteiger partial charge in [0.1, 0.15) is 5.82 Å². The van der Waals surface area contributed by atoms with Gasteiger partial charge in [-0.1, -0.05) is 0 Å². The largest absolute Gasteiger partial charge is 0.333 e. The number of aromatic nitrogens is 2. The highest BCUT2D eigenvalue weighted by atomic mass is 15.1. The summed E-state index contributed by atoms with van der Waals surface area (Å²) >= 11 is 0. The molecule has 0 amide bonds. The van der Waals surface area contributed by atoms with E-state index in [0.717, 1.165) is 31.1 Å². The SMILES string of the molecule is CN1CCC(Cc2cn3c(n2)C(N)CCC3)C1. The fourth-order valence-corrected chi connectivity index (χ4v) is 3.16. The van der Waals surface area contributed by atoms with Crippen LogP contribution in [0.3, 0.4) is 0 Å². The van der Waals surface area contributed by atoms with Gasteiger partial charge in [0.25, 0.3) is 0 Å². The van der Waals surface area contributed by atoms with Gasteiger partial charge in [0, 0.05) is 19.3 Å². The zero-order valence-corrected chi connectivity index (χ0v) is 10.6. The first-order chi connectivity index (χ1) is 8.22. The number of rotatable bonds is 2. The Hall–Kier alpha value is -0.870. The maximum Gasteiger partial charge on any atom is 0.125 e. The minimum atomic E-state index is 0.156. The van der Waals surface area contributed by atoms with Gasteiger partial charge in [-0.2, -0.15) is 0 Å². The lowest BCUT2D eigenvalue weighted by Gasteiger charge is -2.19. The van der Waals surface area contributed by atoms with Gasteiger partial charge in [0.2, 0.25) is 0 Å². The van der Waals surface area contributed by atoms with E-state index in [1.165, 1.54) is 31.6 Å². The van der Waals surface area contributed by atoms with Crippen LogP contribution in [0.5, 0.6) is 0 Å². The van der Waals surface area contributed by atoms with Crippen LogP contribution in [0.15, 0.2) is 6.20 Å². The summed E-state index contributed by atoms with van der Waals surface area (Å²) in [5.41, 5.74) is 7.35. The molecule has 2 aliphatic rings. The van der Waals surface area contributed by atoms with Gasteiger partial charge in [0.05, 0.1) is 11.7 Å². The molecule has 0 radical (unpaired) electrons. The minimum absolute atomic E-state index is 0.156. The highest BCUT2D eigenvalue weighted by Crippen LogP contribution is 2.24. The lowest BCUT2D eigenvalue weighted by atomic mass is 10.0. The van der Waals surface area contributed by atoms with Crippen molar-refractivity contribution in [1.29, 1.82) is 0 Å². The van der Waals surface area contributed by atoms with Crippen LogP contribution in [-0.2, 0) is 13.0 Å². The number of nitrogens with two attached hydrogens (primary N) is 1. The molecule has 1 saturated heterocycles. The molecule has 3 heterocycles. The number of fused-ring (bicyclic) bond motifs is 1. The predicted molar refractivity (Wildman–Crippen MR) is 67.7 cm³/mol. The number of likely N-dealkylation sites (tertiary alicyclic amines) is 1. The van der Waals surface area contributed by atoms with Crippen LogP contribution >= 0.6 is 0 Å². The van der Waals surface area contributed by atoms with Gasteiger partial charge in [0.15, 0.2) is 0 Å². The average molecular weight is 234 g/mol. The summed E-state index contributed by atoms with van der Waals surface area (Å²) in [6, 6.07) is 0.156. The summed E-state index contributed by atoms with van der Waals surface area (Å²) in [7, 11) is 2.20. The van der Waals surface area contributed by atoms with Crippen molar-refractivity contribution in [2.75, 3.05) is 20.1 Å². The molecule has 1 fully saturated rings. The van der Waals surface area contributed by atoms with E-state index in [4.69, 9.17) is 10.7 Å². The molecule has 0 saturated carbocycles. The van der Waals surface area contributed by atoms with Crippen LogP contribution in [-0.4, -0.2) is 34.6 Å². The Bertz CT molecular complexity index is 398. The molecule has 1 aromatic heterocycles. The molecule has 2 unspecified atom stereocenters. The van der Waals surface area contributed by atoms with Crippen LogP contribution in [0, 0.1) is 5.92 Å². The van der Waals surface area contributed by atoms with Crippen LogP contribution in [0.25, 0.3) is 0 Å². The van der Waals surface area contributed by atoms with Gasteiger partial charge in [-0.3, -0.25) is 0 Å². The van der Waals surface area contributed by atoms with E-state index in [1.807, 2.05) is 0 Å². The summed E-state index contributed by atoms with van der Waals surface area (Å²) in [5, 5.41) is 0. The fraction of sp³-hybridized carbons (Fsp3) is 0.769. The zero-order valence-electron chi connectivity index (χ0n) is 10.6. The maximum absolute atomic E-state index is 6.10. The van der Waals surface area contributed by atoms with E-state index in [2.05, 4.69) is 22.7 Å². The molecular formula is C13H22N4. The molecule has 2 atom stereocenters. The lowest BCUT2D eigenvalue weighted by Crippen LogP contribution is -2.21. The van der Waals surface area contributed by atoms with E-state index in [9.17, 15) is 0 Å². The fourth-order valence-electron chi connectivity index (χ4n) is 3.16. The third-order valence-corrected chi connectivity index (χ3v) is 4.09. The maximum atomic E-state index is 6.10. The quantitative estimate of drug-likeness (QED) is 0.835. The second kappa shape index (κ2) is 4.42. The molecule has 0 aromatic carbocycles. The summed E-state index contributed by atoms with van der Waals surface area (Å²) < 4.78 is 2.27. The van der Waals surface area contributed by atoms with Crippen molar-refractivity contribution in [2.45, 2.75) is 38.3 Å². The summed E-state index contributed by atoms with van der Waals surface area (Å²) in [4.78, 5) is 7.15. The Balaban J connectivity index is 1.72. The Morgan fingerprint density at radius 3 is 3.00 bits per heavy atom. The van der Waals surface area contributed by atoms with Gasteiger partial charge in [-0.15, -0.1) is 0 Å². The number of aryl methyl sites for hydroxylation is 1. The predicted octanol–water partition coefficient (Wildman–Crippen LogP) is 1.17. The second-order valence-electron chi connectivity index (χ2n) is 5.65. The van der Waals surface area contributed by atoms with Crippen molar-refractivity contribution in [3.8, 4) is 0 Å². The lowest BCUT2D eigenvalue weighted by molar-refractivity contribution is 0.393. The Labute approximate surface area is 103 Å². The number of hydrogen-bond acceptors (Lipinski definition) is 3. The molecule has 3 rings (SSSR count). The molecule has 17 heavy (non-hydrogen) atoms. The normalized spacial score (nSPS) is 29.5. The van der Waals surface area contributed by atoms with Crippen molar-refractivity contribution in [2.24, 2.45) is 11.7 Å². The van der Waals surface area contributed by atoms with Crippen molar-refractivity contribution in [3.05, 3.63) is 17.7 Å². The van der Waals surface area contributed by atoms with Gasteiger partial charge >= 0.3 is 0 Å². The van der Waals surface area contributed by atoms with E-state index < -0.39 is 0 Å². The summed E-state index contributed by atoms with van der Waals surface area (Å²) in [5.74, 6) is 1.89. The molecular weight excluding hydrogens is 212 g/mol. The Morgan fingerprint density at radius 1 is 1.41 bits per heavy atom. The summed E-state index contributed by atoms with van der Waals surface area (Å²) in [6.45, 7) is 3.55. The third-order valence-electron chi connectivity index (χ3n) is 4.09. The topological polar surface area (TPSA) is 47.1 Å². The first kappa shape index (κ1) is 11.2. The minimum Gasteiger partial charge on any atom is -0.333 e. The molecule has 4 nitrogen and oxygen atoms in total.